The zero-order valence-corrected chi connectivity index (χ0v) is 13.0. The van der Waals surface area contributed by atoms with E-state index in [0.717, 1.165) is 17.5 Å². The Hall–Kier alpha value is -2.15. The van der Waals surface area contributed by atoms with Crippen LogP contribution in [-0.2, 0) is 6.42 Å². The summed E-state index contributed by atoms with van der Waals surface area (Å²) in [5, 5.41) is 0. The Bertz CT molecular complexity index is 633. The normalized spacial score (nSPS) is 11.2. The second-order valence-corrected chi connectivity index (χ2v) is 5.91. The van der Waals surface area contributed by atoms with E-state index in [1.807, 2.05) is 55.5 Å². The summed E-state index contributed by atoms with van der Waals surface area (Å²) in [6, 6.07) is 16.0. The molecule has 0 saturated heterocycles. The minimum atomic E-state index is 0.0487. The summed E-state index contributed by atoms with van der Waals surface area (Å²) >= 11 is 0. The lowest BCUT2D eigenvalue weighted by Crippen LogP contribution is -1.97. The summed E-state index contributed by atoms with van der Waals surface area (Å²) in [7, 11) is 0. The van der Waals surface area contributed by atoms with Crippen LogP contribution in [0.5, 0.6) is 0 Å². The van der Waals surface area contributed by atoms with Gasteiger partial charge in [0.2, 0.25) is 0 Å². The molecular weight excluding hydrogens is 256 g/mol. The zero-order valence-electron chi connectivity index (χ0n) is 13.0. The predicted octanol–water partition coefficient (Wildman–Crippen LogP) is 5.09. The van der Waals surface area contributed by atoms with Crippen LogP contribution in [0.15, 0.2) is 54.6 Å². The van der Waals surface area contributed by atoms with Gasteiger partial charge in [-0.25, -0.2) is 0 Å². The van der Waals surface area contributed by atoms with Crippen molar-refractivity contribution in [1.29, 1.82) is 0 Å². The van der Waals surface area contributed by atoms with Crippen LogP contribution in [0.25, 0.3) is 6.08 Å². The Morgan fingerprint density at radius 2 is 1.81 bits per heavy atom. The number of ketones is 1. The molecule has 1 nitrogen and oxygen atoms in total. The highest BCUT2D eigenvalue weighted by Gasteiger charge is 2.03. The number of carbonyl (C=O) groups is 1. The Kier molecular flexibility index (Phi) is 5.10. The van der Waals surface area contributed by atoms with Gasteiger partial charge in [-0.1, -0.05) is 74.0 Å². The first-order valence-corrected chi connectivity index (χ1v) is 7.42. The zero-order chi connectivity index (χ0) is 15.2. The summed E-state index contributed by atoms with van der Waals surface area (Å²) in [6.07, 6.45) is 4.57. The minimum absolute atomic E-state index is 0.0487. The second kappa shape index (κ2) is 7.03. The molecule has 0 saturated carbocycles. The van der Waals surface area contributed by atoms with E-state index < -0.39 is 0 Å². The molecule has 21 heavy (non-hydrogen) atoms. The van der Waals surface area contributed by atoms with E-state index in [1.54, 1.807) is 6.08 Å². The molecule has 2 rings (SSSR count). The molecule has 0 atom stereocenters. The Morgan fingerprint density at radius 1 is 1.10 bits per heavy atom. The van der Waals surface area contributed by atoms with Crippen molar-refractivity contribution >= 4 is 11.9 Å². The van der Waals surface area contributed by atoms with E-state index in [4.69, 9.17) is 0 Å². The van der Waals surface area contributed by atoms with E-state index in [1.165, 1.54) is 11.1 Å². The van der Waals surface area contributed by atoms with Crippen molar-refractivity contribution in [2.24, 2.45) is 5.92 Å². The summed E-state index contributed by atoms with van der Waals surface area (Å²) < 4.78 is 0. The molecule has 0 amide bonds. The molecule has 0 heterocycles. The SMILES string of the molecule is Cc1cccc(/C=C/C(=O)c2ccc(CC(C)C)cc2)c1. The fourth-order valence-corrected chi connectivity index (χ4v) is 2.32. The van der Waals surface area contributed by atoms with E-state index >= 15 is 0 Å². The quantitative estimate of drug-likeness (QED) is 0.550. The number of benzene rings is 2. The van der Waals surface area contributed by atoms with Crippen LogP contribution < -0.4 is 0 Å². The number of carbonyl (C=O) groups excluding carboxylic acids is 1. The lowest BCUT2D eigenvalue weighted by atomic mass is 10.0. The van der Waals surface area contributed by atoms with Crippen LogP contribution in [0.3, 0.4) is 0 Å². The molecule has 2 aromatic rings. The van der Waals surface area contributed by atoms with Crippen molar-refractivity contribution in [3.05, 3.63) is 76.9 Å². The van der Waals surface area contributed by atoms with Gasteiger partial charge in [0.25, 0.3) is 0 Å². The smallest absolute Gasteiger partial charge is 0.185 e. The van der Waals surface area contributed by atoms with Gasteiger partial charge in [0.05, 0.1) is 0 Å². The van der Waals surface area contributed by atoms with Gasteiger partial charge in [-0.3, -0.25) is 4.79 Å². The molecule has 0 aliphatic carbocycles. The van der Waals surface area contributed by atoms with E-state index in [0.29, 0.717) is 5.92 Å². The maximum absolute atomic E-state index is 12.1. The molecule has 1 heteroatoms. The molecule has 0 aromatic heterocycles. The van der Waals surface area contributed by atoms with E-state index in [2.05, 4.69) is 19.9 Å². The van der Waals surface area contributed by atoms with Crippen LogP contribution in [0.2, 0.25) is 0 Å². The van der Waals surface area contributed by atoms with Crippen molar-refractivity contribution in [3.8, 4) is 0 Å². The van der Waals surface area contributed by atoms with Gasteiger partial charge in [0.1, 0.15) is 0 Å². The van der Waals surface area contributed by atoms with Crippen LogP contribution in [-0.4, -0.2) is 5.78 Å². The van der Waals surface area contributed by atoms with Crippen molar-refractivity contribution in [2.75, 3.05) is 0 Å². The largest absolute Gasteiger partial charge is 0.289 e. The Balaban J connectivity index is 2.06. The molecule has 0 bridgehead atoms. The lowest BCUT2D eigenvalue weighted by molar-refractivity contribution is 0.104. The standard InChI is InChI=1S/C20H22O/c1-15(2)13-18-7-10-19(11-8-18)20(21)12-9-17-6-4-5-16(3)14-17/h4-12,14-15H,13H2,1-3H3/b12-9+. The Labute approximate surface area is 127 Å². The van der Waals surface area contributed by atoms with Gasteiger partial charge in [-0.15, -0.1) is 0 Å². The fraction of sp³-hybridized carbons (Fsp3) is 0.250. The predicted molar refractivity (Wildman–Crippen MR) is 89.5 cm³/mol. The first-order valence-electron chi connectivity index (χ1n) is 7.42. The number of aryl methyl sites for hydroxylation is 1. The average molecular weight is 278 g/mol. The summed E-state index contributed by atoms with van der Waals surface area (Å²) in [5.41, 5.74) is 4.28. The van der Waals surface area contributed by atoms with Crippen molar-refractivity contribution < 1.29 is 4.79 Å². The number of rotatable bonds is 5. The highest BCUT2D eigenvalue weighted by molar-refractivity contribution is 6.06. The molecular formula is C20H22O. The molecule has 2 aromatic carbocycles. The van der Waals surface area contributed by atoms with Gasteiger partial charge >= 0.3 is 0 Å². The average Bonchev–Trinajstić information content (AvgIpc) is 2.45. The third-order valence-corrected chi connectivity index (χ3v) is 3.35. The summed E-state index contributed by atoms with van der Waals surface area (Å²) in [4.78, 5) is 12.1. The topological polar surface area (TPSA) is 17.1 Å². The minimum Gasteiger partial charge on any atom is -0.289 e. The lowest BCUT2D eigenvalue weighted by Gasteiger charge is -2.05. The van der Waals surface area contributed by atoms with E-state index in [-0.39, 0.29) is 5.78 Å². The Morgan fingerprint density at radius 3 is 2.43 bits per heavy atom. The molecule has 0 fully saturated rings. The van der Waals surface area contributed by atoms with Crippen LogP contribution in [0.4, 0.5) is 0 Å². The molecule has 108 valence electrons. The van der Waals surface area contributed by atoms with Gasteiger partial charge in [-0.05, 0) is 36.5 Å². The third-order valence-electron chi connectivity index (χ3n) is 3.35. The van der Waals surface area contributed by atoms with Crippen LogP contribution in [0, 0.1) is 12.8 Å². The molecule has 0 N–H and O–H groups in total. The summed E-state index contributed by atoms with van der Waals surface area (Å²) in [5.74, 6) is 0.681. The van der Waals surface area contributed by atoms with Crippen LogP contribution in [0.1, 0.15) is 40.9 Å². The first kappa shape index (κ1) is 15.2. The van der Waals surface area contributed by atoms with E-state index in [9.17, 15) is 4.79 Å². The number of hydrogen-bond acceptors (Lipinski definition) is 1. The second-order valence-electron chi connectivity index (χ2n) is 5.91. The highest BCUT2D eigenvalue weighted by Crippen LogP contribution is 2.12. The third kappa shape index (κ3) is 4.71. The van der Waals surface area contributed by atoms with Crippen molar-refractivity contribution in [2.45, 2.75) is 27.2 Å². The maximum atomic E-state index is 12.1. The monoisotopic (exact) mass is 278 g/mol. The van der Waals surface area contributed by atoms with Crippen molar-refractivity contribution in [3.63, 3.8) is 0 Å². The van der Waals surface area contributed by atoms with Crippen molar-refractivity contribution in [1.82, 2.24) is 0 Å². The maximum Gasteiger partial charge on any atom is 0.185 e. The van der Waals surface area contributed by atoms with Crippen LogP contribution >= 0.6 is 0 Å². The van der Waals surface area contributed by atoms with Gasteiger partial charge in [-0.2, -0.15) is 0 Å². The molecule has 0 aliphatic heterocycles. The number of hydrogen-bond donors (Lipinski definition) is 0. The molecule has 0 spiro atoms. The molecule has 0 aliphatic rings. The fourth-order valence-electron chi connectivity index (χ4n) is 2.32. The molecule has 0 unspecified atom stereocenters. The highest BCUT2D eigenvalue weighted by atomic mass is 16.1. The molecule has 0 radical (unpaired) electrons. The van der Waals surface area contributed by atoms with Gasteiger partial charge in [0.15, 0.2) is 5.78 Å². The first-order chi connectivity index (χ1) is 10.0. The number of allylic oxidation sites excluding steroid dienone is 1. The van der Waals surface area contributed by atoms with Gasteiger partial charge in [0, 0.05) is 5.56 Å². The van der Waals surface area contributed by atoms with Gasteiger partial charge < -0.3 is 0 Å². The summed E-state index contributed by atoms with van der Waals surface area (Å²) in [6.45, 7) is 6.44.